The summed E-state index contributed by atoms with van der Waals surface area (Å²) in [5, 5.41) is 4.74. The Morgan fingerprint density at radius 2 is 1.81 bits per heavy atom. The Bertz CT molecular complexity index is 1080. The Balaban J connectivity index is 1.55. The molecule has 0 aliphatic rings. The van der Waals surface area contributed by atoms with E-state index in [2.05, 4.69) is 22.4 Å². The molecule has 0 unspecified atom stereocenters. The molecule has 0 fully saturated rings. The minimum atomic E-state index is -0.0668. The predicted molar refractivity (Wildman–Crippen MR) is 108 cm³/mol. The summed E-state index contributed by atoms with van der Waals surface area (Å²) in [7, 11) is 0. The number of aromatic nitrogens is 2. The number of nitrogens with one attached hydrogen (secondary N) is 1. The zero-order valence-electron chi connectivity index (χ0n) is 14.7. The first-order valence-corrected chi connectivity index (χ1v) is 9.31. The predicted octanol–water partition coefficient (Wildman–Crippen LogP) is 5.02. The van der Waals surface area contributed by atoms with Gasteiger partial charge in [0, 0.05) is 21.7 Å². The van der Waals surface area contributed by atoms with E-state index in [9.17, 15) is 4.79 Å². The molecule has 4 nitrogen and oxygen atoms in total. The van der Waals surface area contributed by atoms with Gasteiger partial charge < -0.3 is 9.88 Å². The van der Waals surface area contributed by atoms with Gasteiger partial charge in [-0.1, -0.05) is 48.5 Å². The second kappa shape index (κ2) is 6.77. The monoisotopic (exact) mass is 361 g/mol. The van der Waals surface area contributed by atoms with Gasteiger partial charge in [0.05, 0.1) is 5.69 Å². The van der Waals surface area contributed by atoms with E-state index in [-0.39, 0.29) is 12.5 Å². The highest BCUT2D eigenvalue weighted by Crippen LogP contribution is 2.30. The average Bonchev–Trinajstić information content (AvgIpc) is 3.15. The van der Waals surface area contributed by atoms with E-state index in [0.717, 1.165) is 32.7 Å². The topological polar surface area (TPSA) is 46.9 Å². The molecule has 2 heterocycles. The molecule has 1 amide bonds. The number of carbonyl (C=O) groups is 1. The molecule has 1 N–H and O–H groups in total. The van der Waals surface area contributed by atoms with Gasteiger partial charge in [-0.2, -0.15) is 0 Å². The molecule has 0 spiro atoms. The second-order valence-corrected chi connectivity index (χ2v) is 7.47. The van der Waals surface area contributed by atoms with Gasteiger partial charge in [-0.05, 0) is 31.4 Å². The molecule has 0 aliphatic heterocycles. The first-order valence-electron chi connectivity index (χ1n) is 8.49. The van der Waals surface area contributed by atoms with E-state index in [0.29, 0.717) is 5.13 Å². The molecule has 5 heteroatoms. The van der Waals surface area contributed by atoms with Crippen LogP contribution < -0.4 is 5.32 Å². The van der Waals surface area contributed by atoms with Crippen molar-refractivity contribution in [3.05, 3.63) is 71.2 Å². The van der Waals surface area contributed by atoms with Crippen LogP contribution in [0.2, 0.25) is 0 Å². The van der Waals surface area contributed by atoms with Crippen LogP contribution >= 0.6 is 11.3 Å². The van der Waals surface area contributed by atoms with Gasteiger partial charge in [0.25, 0.3) is 0 Å². The summed E-state index contributed by atoms with van der Waals surface area (Å²) in [6.07, 6.45) is 0. The van der Waals surface area contributed by atoms with Crippen molar-refractivity contribution in [1.82, 2.24) is 9.55 Å². The van der Waals surface area contributed by atoms with Crippen molar-refractivity contribution in [3.63, 3.8) is 0 Å². The van der Waals surface area contributed by atoms with Crippen molar-refractivity contribution in [2.75, 3.05) is 5.32 Å². The number of nitrogens with zero attached hydrogens (tertiary/aromatic N) is 2. The summed E-state index contributed by atoms with van der Waals surface area (Å²) < 4.78 is 2.03. The fraction of sp³-hybridized carbons (Fsp3) is 0.143. The summed E-state index contributed by atoms with van der Waals surface area (Å²) in [5.41, 5.74) is 4.13. The van der Waals surface area contributed by atoms with E-state index < -0.39 is 0 Å². The maximum atomic E-state index is 12.6. The summed E-state index contributed by atoms with van der Waals surface area (Å²) in [4.78, 5) is 18.3. The number of fused-ring (bicyclic) bond motifs is 1. The van der Waals surface area contributed by atoms with Crippen molar-refractivity contribution in [1.29, 1.82) is 0 Å². The van der Waals surface area contributed by atoms with Crippen LogP contribution in [-0.2, 0) is 11.3 Å². The van der Waals surface area contributed by atoms with Gasteiger partial charge in [-0.25, -0.2) is 4.98 Å². The van der Waals surface area contributed by atoms with Crippen LogP contribution in [-0.4, -0.2) is 15.5 Å². The lowest BCUT2D eigenvalue weighted by atomic mass is 10.1. The normalized spacial score (nSPS) is 11.0. The van der Waals surface area contributed by atoms with Crippen molar-refractivity contribution in [2.24, 2.45) is 0 Å². The number of aryl methyl sites for hydroxylation is 2. The van der Waals surface area contributed by atoms with Gasteiger partial charge in [0.15, 0.2) is 5.13 Å². The van der Waals surface area contributed by atoms with E-state index in [1.807, 2.05) is 66.9 Å². The lowest BCUT2D eigenvalue weighted by molar-refractivity contribution is -0.116. The number of hydrogen-bond acceptors (Lipinski definition) is 3. The minimum absolute atomic E-state index is 0.0668. The molecule has 4 rings (SSSR count). The Hall–Kier alpha value is -2.92. The first-order chi connectivity index (χ1) is 12.6. The van der Waals surface area contributed by atoms with Crippen molar-refractivity contribution in [3.8, 4) is 11.3 Å². The van der Waals surface area contributed by atoms with Crippen LogP contribution in [0.4, 0.5) is 5.13 Å². The Morgan fingerprint density at radius 3 is 2.62 bits per heavy atom. The summed E-state index contributed by atoms with van der Waals surface area (Å²) in [6.45, 7) is 4.33. The van der Waals surface area contributed by atoms with E-state index in [4.69, 9.17) is 0 Å². The third-order valence-corrected chi connectivity index (χ3v) is 5.30. The number of thiazole rings is 1. The number of amides is 1. The Kier molecular flexibility index (Phi) is 4.31. The maximum absolute atomic E-state index is 12.6. The van der Waals surface area contributed by atoms with Crippen LogP contribution in [0.1, 0.15) is 10.6 Å². The van der Waals surface area contributed by atoms with Crippen LogP contribution in [0.5, 0.6) is 0 Å². The molecular formula is C21H19N3OS. The fourth-order valence-corrected chi connectivity index (χ4v) is 4.03. The SMILES string of the molecule is Cc1sc(NC(=O)Cn2c(C)cc3ccccc32)nc1-c1ccccc1. The maximum Gasteiger partial charge on any atom is 0.246 e. The molecule has 2 aromatic heterocycles. The zero-order valence-corrected chi connectivity index (χ0v) is 15.5. The molecule has 26 heavy (non-hydrogen) atoms. The molecule has 0 radical (unpaired) electrons. The number of carbonyl (C=O) groups excluding carboxylic acids is 1. The van der Waals surface area contributed by atoms with Crippen molar-refractivity contribution < 1.29 is 4.79 Å². The molecule has 0 saturated heterocycles. The fourth-order valence-electron chi connectivity index (χ4n) is 3.17. The van der Waals surface area contributed by atoms with Gasteiger partial charge in [-0.15, -0.1) is 11.3 Å². The van der Waals surface area contributed by atoms with Crippen LogP contribution in [0, 0.1) is 13.8 Å². The molecule has 0 bridgehead atoms. The number of hydrogen-bond donors (Lipinski definition) is 1. The standard InChI is InChI=1S/C21H19N3OS/c1-14-12-17-10-6-7-11-18(17)24(14)13-19(25)22-21-23-20(15(2)26-21)16-8-4-3-5-9-16/h3-12H,13H2,1-2H3,(H,22,23,25). The Morgan fingerprint density at radius 1 is 1.08 bits per heavy atom. The number of rotatable bonds is 4. The number of para-hydroxylation sites is 1. The molecule has 0 atom stereocenters. The van der Waals surface area contributed by atoms with E-state index in [1.54, 1.807) is 0 Å². The van der Waals surface area contributed by atoms with Crippen LogP contribution in [0.15, 0.2) is 60.7 Å². The first kappa shape index (κ1) is 16.5. The molecule has 130 valence electrons. The van der Waals surface area contributed by atoms with Gasteiger partial charge >= 0.3 is 0 Å². The van der Waals surface area contributed by atoms with Gasteiger partial charge in [0.1, 0.15) is 6.54 Å². The smallest absolute Gasteiger partial charge is 0.246 e. The second-order valence-electron chi connectivity index (χ2n) is 6.27. The highest BCUT2D eigenvalue weighted by molar-refractivity contribution is 7.16. The largest absolute Gasteiger partial charge is 0.335 e. The summed E-state index contributed by atoms with van der Waals surface area (Å²) in [6, 6.07) is 20.2. The lowest BCUT2D eigenvalue weighted by Crippen LogP contribution is -2.19. The molecule has 2 aromatic carbocycles. The van der Waals surface area contributed by atoms with Crippen molar-refractivity contribution >= 4 is 33.3 Å². The van der Waals surface area contributed by atoms with E-state index in [1.165, 1.54) is 11.3 Å². The van der Waals surface area contributed by atoms with Gasteiger partial charge in [-0.3, -0.25) is 4.79 Å². The third-order valence-electron chi connectivity index (χ3n) is 4.41. The van der Waals surface area contributed by atoms with Crippen LogP contribution in [0.3, 0.4) is 0 Å². The highest BCUT2D eigenvalue weighted by atomic mass is 32.1. The average molecular weight is 361 g/mol. The molecule has 0 aliphatic carbocycles. The summed E-state index contributed by atoms with van der Waals surface area (Å²) >= 11 is 1.51. The molecule has 4 aromatic rings. The summed E-state index contributed by atoms with van der Waals surface area (Å²) in [5.74, 6) is -0.0668. The Labute approximate surface area is 156 Å². The van der Waals surface area contributed by atoms with Gasteiger partial charge in [0.2, 0.25) is 5.91 Å². The third kappa shape index (κ3) is 3.13. The van der Waals surface area contributed by atoms with Crippen molar-refractivity contribution in [2.45, 2.75) is 20.4 Å². The zero-order chi connectivity index (χ0) is 18.1. The lowest BCUT2D eigenvalue weighted by Gasteiger charge is -2.07. The highest BCUT2D eigenvalue weighted by Gasteiger charge is 2.14. The van der Waals surface area contributed by atoms with Crippen LogP contribution in [0.25, 0.3) is 22.2 Å². The van der Waals surface area contributed by atoms with E-state index >= 15 is 0 Å². The molecular weight excluding hydrogens is 342 g/mol. The number of anilines is 1. The molecule has 0 saturated carbocycles. The number of benzene rings is 2. The quantitative estimate of drug-likeness (QED) is 0.555. The minimum Gasteiger partial charge on any atom is -0.335 e.